The first-order valence-electron chi connectivity index (χ1n) is 9.12. The number of fused-ring (bicyclic) bond motifs is 1. The Morgan fingerprint density at radius 3 is 2.57 bits per heavy atom. The maximum atomic E-state index is 10.6. The fraction of sp³-hybridized carbons (Fsp3) is 0.261. The quantitative estimate of drug-likeness (QED) is 0.475. The summed E-state index contributed by atoms with van der Waals surface area (Å²) >= 11 is 1.52. The second-order valence-electron chi connectivity index (χ2n) is 6.59. The topological polar surface area (TPSA) is 69.9 Å². The summed E-state index contributed by atoms with van der Waals surface area (Å²) in [6.07, 6.45) is 1.28. The molecule has 0 fully saturated rings. The Balaban J connectivity index is 1.76. The number of hydrogen-bond acceptors (Lipinski definition) is 5. The van der Waals surface area contributed by atoms with Crippen molar-refractivity contribution >= 4 is 22.1 Å². The lowest BCUT2D eigenvalue weighted by molar-refractivity contribution is 0.167. The van der Waals surface area contributed by atoms with Gasteiger partial charge >= 0.3 is 0 Å². The lowest BCUT2D eigenvalue weighted by Gasteiger charge is -2.13. The summed E-state index contributed by atoms with van der Waals surface area (Å²) in [5.41, 5.74) is 4.78. The summed E-state index contributed by atoms with van der Waals surface area (Å²) < 4.78 is 5.22. The van der Waals surface area contributed by atoms with Crippen molar-refractivity contribution in [3.63, 3.8) is 0 Å². The van der Waals surface area contributed by atoms with Crippen LogP contribution in [0.4, 0.5) is 0 Å². The van der Waals surface area contributed by atoms with Crippen LogP contribution in [0.1, 0.15) is 35.5 Å². The molecule has 0 saturated heterocycles. The fourth-order valence-electron chi connectivity index (χ4n) is 3.19. The second kappa shape index (κ2) is 9.69. The van der Waals surface area contributed by atoms with Crippen LogP contribution in [-0.2, 0) is 4.74 Å². The van der Waals surface area contributed by atoms with E-state index in [1.165, 1.54) is 11.3 Å². The number of aliphatic hydroxyl groups excluding tert-OH is 2. The van der Waals surface area contributed by atoms with E-state index in [9.17, 15) is 15.3 Å². The van der Waals surface area contributed by atoms with E-state index in [1.807, 2.05) is 41.8 Å². The number of thiophene rings is 1. The molecule has 146 valence electrons. The zero-order valence-corrected chi connectivity index (χ0v) is 16.5. The molecule has 0 aliphatic rings. The van der Waals surface area contributed by atoms with Crippen molar-refractivity contribution in [1.29, 1.82) is 0 Å². The Kier molecular flexibility index (Phi) is 7.04. The number of benzene rings is 2. The third-order valence-corrected chi connectivity index (χ3v) is 5.54. The van der Waals surface area contributed by atoms with Crippen molar-refractivity contribution in [2.45, 2.75) is 25.0 Å². The molecule has 0 aliphatic heterocycles. The van der Waals surface area contributed by atoms with Crippen molar-refractivity contribution < 1.29 is 20.1 Å². The van der Waals surface area contributed by atoms with Crippen LogP contribution < -0.4 is 0 Å². The molecular formula is C23H24O4S. The molecule has 3 rings (SSSR count). The highest BCUT2D eigenvalue weighted by Gasteiger charge is 2.13. The van der Waals surface area contributed by atoms with Gasteiger partial charge in [0.25, 0.3) is 0 Å². The SMILES string of the molecule is COCC(=C=CC[C@@H](O)c1ccc(O)c2ccccc12)C[C@@H](O)c1cccs1. The van der Waals surface area contributed by atoms with E-state index in [4.69, 9.17) is 4.74 Å². The van der Waals surface area contributed by atoms with Crippen molar-refractivity contribution in [3.05, 3.63) is 81.7 Å². The summed E-state index contributed by atoms with van der Waals surface area (Å²) in [6, 6.07) is 14.6. The number of aliphatic hydroxyl groups is 2. The highest BCUT2D eigenvalue weighted by molar-refractivity contribution is 7.10. The van der Waals surface area contributed by atoms with Gasteiger partial charge in [0.1, 0.15) is 5.75 Å². The Morgan fingerprint density at radius 2 is 1.86 bits per heavy atom. The zero-order chi connectivity index (χ0) is 19.9. The lowest BCUT2D eigenvalue weighted by atomic mass is 9.98. The van der Waals surface area contributed by atoms with Crippen molar-refractivity contribution in [3.8, 4) is 5.75 Å². The molecule has 1 heterocycles. The first-order chi connectivity index (χ1) is 13.6. The van der Waals surface area contributed by atoms with Crippen LogP contribution in [0.2, 0.25) is 0 Å². The number of hydrogen-bond donors (Lipinski definition) is 3. The Hall–Kier alpha value is -2.40. The average Bonchev–Trinajstić information content (AvgIpc) is 3.23. The number of phenols is 1. The van der Waals surface area contributed by atoms with E-state index in [0.29, 0.717) is 19.4 Å². The maximum absolute atomic E-state index is 10.6. The zero-order valence-electron chi connectivity index (χ0n) is 15.7. The summed E-state index contributed by atoms with van der Waals surface area (Å²) in [4.78, 5) is 0.908. The molecule has 5 heteroatoms. The van der Waals surface area contributed by atoms with Gasteiger partial charge in [-0.2, -0.15) is 0 Å². The summed E-state index contributed by atoms with van der Waals surface area (Å²) in [5, 5.41) is 34.5. The molecule has 0 saturated carbocycles. The predicted molar refractivity (Wildman–Crippen MR) is 113 cm³/mol. The van der Waals surface area contributed by atoms with Crippen molar-refractivity contribution in [2.75, 3.05) is 13.7 Å². The molecule has 1 aromatic heterocycles. The van der Waals surface area contributed by atoms with Crippen molar-refractivity contribution in [2.24, 2.45) is 0 Å². The highest BCUT2D eigenvalue weighted by atomic mass is 32.1. The number of rotatable bonds is 8. The number of phenolic OH excluding ortho intramolecular Hbond substituents is 1. The van der Waals surface area contributed by atoms with Crippen molar-refractivity contribution in [1.82, 2.24) is 0 Å². The molecule has 2 atom stereocenters. The van der Waals surface area contributed by atoms with Gasteiger partial charge in [-0.15, -0.1) is 17.1 Å². The molecule has 0 unspecified atom stereocenters. The van der Waals surface area contributed by atoms with Gasteiger partial charge in [0.15, 0.2) is 0 Å². The van der Waals surface area contributed by atoms with E-state index in [0.717, 1.165) is 26.8 Å². The minimum Gasteiger partial charge on any atom is -0.507 e. The van der Waals surface area contributed by atoms with Gasteiger partial charge < -0.3 is 20.1 Å². The summed E-state index contributed by atoms with van der Waals surface area (Å²) in [7, 11) is 1.61. The van der Waals surface area contributed by atoms with Gasteiger partial charge in [0, 0.05) is 30.2 Å². The summed E-state index contributed by atoms with van der Waals surface area (Å²) in [6.45, 7) is 0.372. The average molecular weight is 397 g/mol. The van der Waals surface area contributed by atoms with E-state index in [1.54, 1.807) is 25.3 Å². The van der Waals surface area contributed by atoms with Crippen LogP contribution in [0, 0.1) is 0 Å². The van der Waals surface area contributed by atoms with Crippen LogP contribution in [0.25, 0.3) is 10.8 Å². The molecule has 28 heavy (non-hydrogen) atoms. The third kappa shape index (κ3) is 4.90. The van der Waals surface area contributed by atoms with Gasteiger partial charge in [0.2, 0.25) is 0 Å². The van der Waals surface area contributed by atoms with E-state index < -0.39 is 12.2 Å². The molecule has 0 radical (unpaired) electrons. The van der Waals surface area contributed by atoms with E-state index >= 15 is 0 Å². The molecule has 4 nitrogen and oxygen atoms in total. The number of ether oxygens (including phenoxy) is 1. The Bertz CT molecular complexity index is 971. The van der Waals surface area contributed by atoms with Gasteiger partial charge in [-0.05, 0) is 40.1 Å². The monoisotopic (exact) mass is 396 g/mol. The molecule has 3 aromatic rings. The highest BCUT2D eigenvalue weighted by Crippen LogP contribution is 2.32. The van der Waals surface area contributed by atoms with Gasteiger partial charge in [-0.3, -0.25) is 0 Å². The van der Waals surface area contributed by atoms with Crippen LogP contribution in [-0.4, -0.2) is 29.0 Å². The first kappa shape index (κ1) is 20.3. The first-order valence-corrected chi connectivity index (χ1v) is 10.00. The fourth-order valence-corrected chi connectivity index (χ4v) is 3.90. The minimum atomic E-state index is -0.719. The second-order valence-corrected chi connectivity index (χ2v) is 7.57. The van der Waals surface area contributed by atoms with E-state index in [2.05, 4.69) is 5.73 Å². The maximum Gasteiger partial charge on any atom is 0.123 e. The minimum absolute atomic E-state index is 0.201. The lowest BCUT2D eigenvalue weighted by Crippen LogP contribution is -2.01. The van der Waals surface area contributed by atoms with Gasteiger partial charge in [-0.25, -0.2) is 0 Å². The van der Waals surface area contributed by atoms with Crippen LogP contribution >= 0.6 is 11.3 Å². The van der Waals surface area contributed by atoms with Crippen LogP contribution in [0.5, 0.6) is 5.75 Å². The molecule has 0 amide bonds. The molecule has 3 N–H and O–H groups in total. The Morgan fingerprint density at radius 1 is 1.07 bits per heavy atom. The number of methoxy groups -OCH3 is 1. The van der Waals surface area contributed by atoms with Crippen LogP contribution in [0.3, 0.4) is 0 Å². The predicted octanol–water partition coefficient (Wildman–Crippen LogP) is 4.88. The Labute approximate surface area is 168 Å². The molecule has 2 aromatic carbocycles. The third-order valence-electron chi connectivity index (χ3n) is 4.57. The molecule has 0 aliphatic carbocycles. The standard InChI is InChI=1S/C23H24O4S/c1-27-15-16(14-22(26)23-10-5-13-28-23)6-4-9-20(24)19-11-12-21(25)18-8-3-2-7-17(18)19/h2-5,7-8,10-13,20,22,24-26H,9,14-15H2,1H3/t6?,20-,22-/m1/s1. The normalized spacial score (nSPS) is 13.1. The van der Waals surface area contributed by atoms with E-state index in [-0.39, 0.29) is 5.75 Å². The smallest absolute Gasteiger partial charge is 0.123 e. The molecule has 0 spiro atoms. The van der Waals surface area contributed by atoms with Crippen LogP contribution in [0.15, 0.2) is 71.3 Å². The molecule has 0 bridgehead atoms. The molecular weight excluding hydrogens is 372 g/mol. The van der Waals surface area contributed by atoms with Gasteiger partial charge in [-0.1, -0.05) is 36.4 Å². The van der Waals surface area contributed by atoms with Gasteiger partial charge in [0.05, 0.1) is 18.8 Å². The summed E-state index contributed by atoms with van der Waals surface area (Å²) in [5.74, 6) is 0.201. The largest absolute Gasteiger partial charge is 0.507 e. The number of aromatic hydroxyl groups is 1.